The van der Waals surface area contributed by atoms with Gasteiger partial charge in [-0.15, -0.1) is 11.3 Å². The van der Waals surface area contributed by atoms with Crippen molar-refractivity contribution in [3.63, 3.8) is 0 Å². The minimum absolute atomic E-state index is 0.795. The number of nitrogens with one attached hydrogen (secondary N) is 1. The molecular weight excluding hydrogens is 256 g/mol. The first-order valence-electron chi connectivity index (χ1n) is 6.73. The lowest BCUT2D eigenvalue weighted by Gasteiger charge is -2.07. The smallest absolute Gasteiger partial charge is 0.182 e. The number of hydrogen-bond donors (Lipinski definition) is 1. The van der Waals surface area contributed by atoms with E-state index in [1.807, 2.05) is 17.5 Å². The van der Waals surface area contributed by atoms with E-state index in [0.717, 1.165) is 30.5 Å². The van der Waals surface area contributed by atoms with Crippen LogP contribution in [0.5, 0.6) is 5.75 Å². The summed E-state index contributed by atoms with van der Waals surface area (Å²) in [6, 6.07) is 8.25. The number of hydrogen-bond acceptors (Lipinski definition) is 4. The minimum Gasteiger partial charge on any atom is -0.494 e. The lowest BCUT2D eigenvalue weighted by Crippen LogP contribution is -2.00. The van der Waals surface area contributed by atoms with Crippen molar-refractivity contribution in [2.45, 2.75) is 32.7 Å². The van der Waals surface area contributed by atoms with E-state index < -0.39 is 0 Å². The molecule has 1 heterocycles. The fraction of sp³-hybridized carbons (Fsp3) is 0.400. The molecule has 1 aromatic heterocycles. The fourth-order valence-corrected chi connectivity index (χ4v) is 2.26. The summed E-state index contributed by atoms with van der Waals surface area (Å²) >= 11 is 1.61. The lowest BCUT2D eigenvalue weighted by atomic mass is 10.2. The predicted molar refractivity (Wildman–Crippen MR) is 80.9 cm³/mol. The van der Waals surface area contributed by atoms with Crippen molar-refractivity contribution in [1.29, 1.82) is 0 Å². The normalized spacial score (nSPS) is 10.4. The Morgan fingerprint density at radius 1 is 1.21 bits per heavy atom. The average molecular weight is 276 g/mol. The molecule has 1 N–H and O–H groups in total. The first-order chi connectivity index (χ1) is 9.38. The van der Waals surface area contributed by atoms with Crippen molar-refractivity contribution in [1.82, 2.24) is 4.98 Å². The van der Waals surface area contributed by atoms with Gasteiger partial charge in [-0.25, -0.2) is 4.98 Å². The van der Waals surface area contributed by atoms with Crippen molar-refractivity contribution in [2.75, 3.05) is 11.9 Å². The Labute approximate surface area is 118 Å². The number of anilines is 1. The van der Waals surface area contributed by atoms with Crippen LogP contribution in [0.4, 0.5) is 5.13 Å². The maximum atomic E-state index is 5.68. The summed E-state index contributed by atoms with van der Waals surface area (Å²) in [5.74, 6) is 0.953. The molecule has 0 unspecified atom stereocenters. The van der Waals surface area contributed by atoms with E-state index in [1.165, 1.54) is 18.4 Å². The second-order valence-corrected chi connectivity index (χ2v) is 5.28. The van der Waals surface area contributed by atoms with Crippen LogP contribution in [0.2, 0.25) is 0 Å². The molecule has 102 valence electrons. The summed E-state index contributed by atoms with van der Waals surface area (Å²) in [6.45, 7) is 3.80. The second-order valence-electron chi connectivity index (χ2n) is 4.39. The van der Waals surface area contributed by atoms with Gasteiger partial charge in [0.05, 0.1) is 6.61 Å². The van der Waals surface area contributed by atoms with Gasteiger partial charge >= 0.3 is 0 Å². The first kappa shape index (κ1) is 13.9. The molecule has 2 rings (SSSR count). The van der Waals surface area contributed by atoms with E-state index in [1.54, 1.807) is 17.5 Å². The molecule has 0 fully saturated rings. The van der Waals surface area contributed by atoms with Crippen LogP contribution >= 0.6 is 11.3 Å². The molecule has 2 aromatic rings. The number of rotatable bonds is 8. The summed E-state index contributed by atoms with van der Waals surface area (Å²) in [4.78, 5) is 4.19. The number of aromatic nitrogens is 1. The Kier molecular flexibility index (Phi) is 5.69. The molecule has 0 amide bonds. The van der Waals surface area contributed by atoms with Crippen molar-refractivity contribution in [3.8, 4) is 5.75 Å². The van der Waals surface area contributed by atoms with E-state index in [-0.39, 0.29) is 0 Å². The van der Waals surface area contributed by atoms with Gasteiger partial charge < -0.3 is 10.1 Å². The van der Waals surface area contributed by atoms with Crippen LogP contribution in [-0.4, -0.2) is 11.6 Å². The van der Waals surface area contributed by atoms with Crippen molar-refractivity contribution in [3.05, 3.63) is 41.4 Å². The van der Waals surface area contributed by atoms with Crippen LogP contribution in [0.1, 0.15) is 31.7 Å². The number of ether oxygens (including phenoxy) is 1. The molecule has 0 spiro atoms. The highest BCUT2D eigenvalue weighted by Crippen LogP contribution is 2.15. The van der Waals surface area contributed by atoms with E-state index in [2.05, 4.69) is 29.4 Å². The monoisotopic (exact) mass is 276 g/mol. The largest absolute Gasteiger partial charge is 0.494 e. The average Bonchev–Trinajstić information content (AvgIpc) is 2.96. The zero-order chi connectivity index (χ0) is 13.3. The van der Waals surface area contributed by atoms with Gasteiger partial charge in [0.1, 0.15) is 5.75 Å². The molecule has 0 radical (unpaired) electrons. The maximum absolute atomic E-state index is 5.68. The number of nitrogens with zero attached hydrogens (tertiary/aromatic N) is 1. The topological polar surface area (TPSA) is 34.1 Å². The van der Waals surface area contributed by atoms with Gasteiger partial charge in [-0.3, -0.25) is 0 Å². The SMILES string of the molecule is CCCCCOc1ccc(CNc2nccs2)cc1. The predicted octanol–water partition coefficient (Wildman–Crippen LogP) is 4.32. The van der Waals surface area contributed by atoms with Crippen molar-refractivity contribution in [2.24, 2.45) is 0 Å². The van der Waals surface area contributed by atoms with Gasteiger partial charge in [-0.2, -0.15) is 0 Å². The summed E-state index contributed by atoms with van der Waals surface area (Å²) in [5, 5.41) is 6.21. The van der Waals surface area contributed by atoms with Crippen LogP contribution in [0.3, 0.4) is 0 Å². The maximum Gasteiger partial charge on any atom is 0.182 e. The molecule has 0 saturated heterocycles. The van der Waals surface area contributed by atoms with Crippen molar-refractivity contribution < 1.29 is 4.74 Å². The number of thiazole rings is 1. The zero-order valence-corrected chi connectivity index (χ0v) is 12.1. The third kappa shape index (κ3) is 4.91. The van der Waals surface area contributed by atoms with Gasteiger partial charge in [0.2, 0.25) is 0 Å². The standard InChI is InChI=1S/C15H20N2OS/c1-2-3-4-10-18-14-7-5-13(6-8-14)12-17-15-16-9-11-19-15/h5-9,11H,2-4,10,12H2,1H3,(H,16,17). The Morgan fingerprint density at radius 3 is 2.74 bits per heavy atom. The Hall–Kier alpha value is -1.55. The molecule has 0 aliphatic rings. The molecule has 19 heavy (non-hydrogen) atoms. The second kappa shape index (κ2) is 7.79. The van der Waals surface area contributed by atoms with Crippen LogP contribution in [0, 0.1) is 0 Å². The van der Waals surface area contributed by atoms with Crippen LogP contribution in [0.25, 0.3) is 0 Å². The van der Waals surface area contributed by atoms with Crippen LogP contribution in [0.15, 0.2) is 35.8 Å². The lowest BCUT2D eigenvalue weighted by molar-refractivity contribution is 0.306. The quantitative estimate of drug-likeness (QED) is 0.729. The third-order valence-electron chi connectivity index (χ3n) is 2.82. The summed E-state index contributed by atoms with van der Waals surface area (Å²) in [6.07, 6.45) is 5.39. The first-order valence-corrected chi connectivity index (χ1v) is 7.61. The van der Waals surface area contributed by atoms with E-state index in [9.17, 15) is 0 Å². The van der Waals surface area contributed by atoms with Gasteiger partial charge in [0.15, 0.2) is 5.13 Å². The molecule has 4 heteroatoms. The molecule has 0 aliphatic heterocycles. The molecule has 0 aliphatic carbocycles. The molecule has 3 nitrogen and oxygen atoms in total. The van der Waals surface area contributed by atoms with Crippen LogP contribution in [-0.2, 0) is 6.54 Å². The molecular formula is C15H20N2OS. The van der Waals surface area contributed by atoms with Gasteiger partial charge in [0.25, 0.3) is 0 Å². The van der Waals surface area contributed by atoms with E-state index in [4.69, 9.17) is 4.74 Å². The van der Waals surface area contributed by atoms with Gasteiger partial charge in [0, 0.05) is 18.1 Å². The van der Waals surface area contributed by atoms with Crippen molar-refractivity contribution >= 4 is 16.5 Å². The molecule has 1 aromatic carbocycles. The summed E-state index contributed by atoms with van der Waals surface area (Å²) in [5.41, 5.74) is 1.23. The molecule has 0 atom stereocenters. The zero-order valence-electron chi connectivity index (χ0n) is 11.3. The Balaban J connectivity index is 1.74. The number of unbranched alkanes of at least 4 members (excludes halogenated alkanes) is 2. The van der Waals surface area contributed by atoms with Gasteiger partial charge in [-0.05, 0) is 24.1 Å². The highest BCUT2D eigenvalue weighted by molar-refractivity contribution is 7.13. The number of benzene rings is 1. The van der Waals surface area contributed by atoms with Gasteiger partial charge in [-0.1, -0.05) is 31.9 Å². The summed E-state index contributed by atoms with van der Waals surface area (Å²) in [7, 11) is 0. The Morgan fingerprint density at radius 2 is 2.05 bits per heavy atom. The van der Waals surface area contributed by atoms with E-state index >= 15 is 0 Å². The van der Waals surface area contributed by atoms with Crippen LogP contribution < -0.4 is 10.1 Å². The highest BCUT2D eigenvalue weighted by Gasteiger charge is 1.97. The molecule has 0 bridgehead atoms. The minimum atomic E-state index is 0.795. The summed E-state index contributed by atoms with van der Waals surface area (Å²) < 4.78 is 5.68. The highest BCUT2D eigenvalue weighted by atomic mass is 32.1. The molecule has 0 saturated carbocycles. The Bertz CT molecular complexity index is 454. The van der Waals surface area contributed by atoms with E-state index in [0.29, 0.717) is 0 Å². The third-order valence-corrected chi connectivity index (χ3v) is 3.55. The fourth-order valence-electron chi connectivity index (χ4n) is 1.73.